The fraction of sp³-hybridized carbons (Fsp3) is 0. The summed E-state index contributed by atoms with van der Waals surface area (Å²) in [5, 5.41) is 8.20. The van der Waals surface area contributed by atoms with E-state index >= 15 is 0 Å². The van der Waals surface area contributed by atoms with Gasteiger partial charge < -0.3 is 4.57 Å². The van der Waals surface area contributed by atoms with Gasteiger partial charge in [0.05, 0.1) is 11.0 Å². The van der Waals surface area contributed by atoms with Crippen molar-refractivity contribution in [3.05, 3.63) is 103 Å². The molecule has 0 unspecified atom stereocenters. The van der Waals surface area contributed by atoms with E-state index in [2.05, 4.69) is 108 Å². The van der Waals surface area contributed by atoms with Crippen molar-refractivity contribution < 1.29 is 0 Å². The highest BCUT2D eigenvalue weighted by Gasteiger charge is 2.23. The van der Waals surface area contributed by atoms with Gasteiger partial charge in [0.25, 0.3) is 0 Å². The standard InChI is InChI=1S/C30H17NS2/c1-2-10-18(11-3-1)31-22-15-7-4-12-19(22)25-28(31)26-20-13-5-8-16-23(20)32-30(26)27-21-14-6-9-17-24(21)33-29(25)27/h1-17H. The van der Waals surface area contributed by atoms with E-state index in [9.17, 15) is 0 Å². The Morgan fingerprint density at radius 2 is 0.970 bits per heavy atom. The summed E-state index contributed by atoms with van der Waals surface area (Å²) < 4.78 is 7.99. The van der Waals surface area contributed by atoms with Gasteiger partial charge in [0.1, 0.15) is 0 Å². The van der Waals surface area contributed by atoms with Crippen LogP contribution in [0.5, 0.6) is 0 Å². The Morgan fingerprint density at radius 3 is 1.67 bits per heavy atom. The third-order valence-corrected chi connectivity index (χ3v) is 9.15. The smallest absolute Gasteiger partial charge is 0.0648 e. The summed E-state index contributed by atoms with van der Waals surface area (Å²) >= 11 is 3.87. The van der Waals surface area contributed by atoms with Gasteiger partial charge in [0.2, 0.25) is 0 Å². The van der Waals surface area contributed by atoms with Crippen molar-refractivity contribution in [2.45, 2.75) is 0 Å². The zero-order valence-corrected chi connectivity index (χ0v) is 19.2. The maximum absolute atomic E-state index is 2.48. The molecule has 3 heteroatoms. The SMILES string of the molecule is c1ccc(-n2c3ccccc3c3c4sc5ccccc5c4c4sc5ccccc5c4c32)cc1. The largest absolute Gasteiger partial charge is 0.309 e. The molecule has 0 saturated heterocycles. The van der Waals surface area contributed by atoms with E-state index in [0.29, 0.717) is 0 Å². The van der Waals surface area contributed by atoms with Crippen LogP contribution in [0.4, 0.5) is 0 Å². The fourth-order valence-corrected chi connectivity index (χ4v) is 8.06. The molecule has 3 heterocycles. The van der Waals surface area contributed by atoms with Crippen LogP contribution in [0, 0.1) is 0 Å². The second-order valence-corrected chi connectivity index (χ2v) is 10.6. The first-order valence-corrected chi connectivity index (χ1v) is 12.8. The lowest BCUT2D eigenvalue weighted by Gasteiger charge is -2.09. The summed E-state index contributed by atoms with van der Waals surface area (Å²) in [5.74, 6) is 0. The van der Waals surface area contributed by atoms with Crippen molar-refractivity contribution in [1.82, 2.24) is 4.57 Å². The molecule has 154 valence electrons. The first-order valence-electron chi connectivity index (χ1n) is 11.1. The monoisotopic (exact) mass is 455 g/mol. The van der Waals surface area contributed by atoms with Crippen molar-refractivity contribution in [2.75, 3.05) is 0 Å². The Morgan fingerprint density at radius 1 is 0.455 bits per heavy atom. The van der Waals surface area contributed by atoms with Crippen LogP contribution in [-0.2, 0) is 0 Å². The van der Waals surface area contributed by atoms with Gasteiger partial charge in [-0.3, -0.25) is 0 Å². The second-order valence-electron chi connectivity index (χ2n) is 8.52. The van der Waals surface area contributed by atoms with Crippen molar-refractivity contribution >= 4 is 84.8 Å². The molecule has 0 fully saturated rings. The Kier molecular flexibility index (Phi) is 3.48. The zero-order valence-electron chi connectivity index (χ0n) is 17.6. The summed E-state index contributed by atoms with van der Waals surface area (Å²) in [6.45, 7) is 0. The predicted molar refractivity (Wildman–Crippen MR) is 147 cm³/mol. The molecular weight excluding hydrogens is 438 g/mol. The van der Waals surface area contributed by atoms with Crippen LogP contribution in [-0.4, -0.2) is 4.57 Å². The van der Waals surface area contributed by atoms with Crippen LogP contribution >= 0.6 is 22.7 Å². The lowest BCUT2D eigenvalue weighted by atomic mass is 10.0. The lowest BCUT2D eigenvalue weighted by molar-refractivity contribution is 1.19. The van der Waals surface area contributed by atoms with Crippen LogP contribution in [0.15, 0.2) is 103 Å². The van der Waals surface area contributed by atoms with E-state index in [1.54, 1.807) is 0 Å². The summed E-state index contributed by atoms with van der Waals surface area (Å²) in [4.78, 5) is 0. The average Bonchev–Trinajstić information content (AvgIpc) is 3.53. The number of para-hydroxylation sites is 2. The minimum Gasteiger partial charge on any atom is -0.309 e. The minimum absolute atomic E-state index is 1.21. The third-order valence-electron chi connectivity index (χ3n) is 6.77. The quantitative estimate of drug-likeness (QED) is 0.232. The molecule has 8 aromatic rings. The van der Waals surface area contributed by atoms with Crippen LogP contribution in [0.25, 0.3) is 67.8 Å². The van der Waals surface area contributed by atoms with E-state index in [1.165, 1.54) is 67.8 Å². The number of nitrogens with zero attached hydrogens (tertiary/aromatic N) is 1. The zero-order chi connectivity index (χ0) is 21.5. The topological polar surface area (TPSA) is 4.93 Å². The fourth-order valence-electron chi connectivity index (χ4n) is 5.46. The molecule has 0 saturated carbocycles. The van der Waals surface area contributed by atoms with Crippen molar-refractivity contribution in [2.24, 2.45) is 0 Å². The molecule has 0 N–H and O–H groups in total. The van der Waals surface area contributed by atoms with Crippen LogP contribution in [0.1, 0.15) is 0 Å². The van der Waals surface area contributed by atoms with E-state index in [0.717, 1.165) is 0 Å². The second kappa shape index (κ2) is 6.44. The van der Waals surface area contributed by atoms with E-state index < -0.39 is 0 Å². The maximum atomic E-state index is 2.48. The maximum Gasteiger partial charge on any atom is 0.0648 e. The first-order chi connectivity index (χ1) is 16.4. The Labute approximate surface area is 197 Å². The summed E-state index contributed by atoms with van der Waals surface area (Å²) in [6, 6.07) is 37.5. The van der Waals surface area contributed by atoms with Gasteiger partial charge in [-0.1, -0.05) is 72.8 Å². The van der Waals surface area contributed by atoms with Crippen molar-refractivity contribution in [3.63, 3.8) is 0 Å². The molecule has 1 nitrogen and oxygen atoms in total. The van der Waals surface area contributed by atoms with E-state index in [-0.39, 0.29) is 0 Å². The van der Waals surface area contributed by atoms with Crippen LogP contribution < -0.4 is 0 Å². The van der Waals surface area contributed by atoms with Gasteiger partial charge >= 0.3 is 0 Å². The molecule has 3 aromatic heterocycles. The summed E-state index contributed by atoms with van der Waals surface area (Å²) in [5.41, 5.74) is 3.80. The first kappa shape index (κ1) is 17.8. The van der Waals surface area contributed by atoms with Crippen LogP contribution in [0.2, 0.25) is 0 Å². The summed E-state index contributed by atoms with van der Waals surface area (Å²) in [6.07, 6.45) is 0. The number of thiophene rings is 2. The number of rotatable bonds is 1. The number of fused-ring (bicyclic) bond motifs is 12. The molecule has 33 heavy (non-hydrogen) atoms. The highest BCUT2D eigenvalue weighted by Crippen LogP contribution is 2.51. The molecule has 0 aliphatic heterocycles. The Bertz CT molecular complexity index is 1990. The summed E-state index contributed by atoms with van der Waals surface area (Å²) in [7, 11) is 0. The van der Waals surface area contributed by atoms with Gasteiger partial charge in [0, 0.05) is 56.8 Å². The molecule has 0 amide bonds. The third kappa shape index (κ3) is 2.26. The van der Waals surface area contributed by atoms with Gasteiger partial charge in [-0.2, -0.15) is 0 Å². The van der Waals surface area contributed by atoms with Crippen molar-refractivity contribution in [1.29, 1.82) is 0 Å². The molecule has 0 bridgehead atoms. The van der Waals surface area contributed by atoms with Gasteiger partial charge in [-0.05, 0) is 30.3 Å². The number of hydrogen-bond acceptors (Lipinski definition) is 2. The predicted octanol–water partition coefficient (Wildman–Crippen LogP) is 9.52. The molecule has 0 atom stereocenters. The molecular formula is C30H17NS2. The highest BCUT2D eigenvalue weighted by atomic mass is 32.1. The van der Waals surface area contributed by atoms with Gasteiger partial charge in [-0.25, -0.2) is 0 Å². The van der Waals surface area contributed by atoms with Crippen molar-refractivity contribution in [3.8, 4) is 5.69 Å². The lowest BCUT2D eigenvalue weighted by Crippen LogP contribution is -1.93. The number of aromatic nitrogens is 1. The molecule has 0 radical (unpaired) electrons. The molecule has 8 rings (SSSR count). The molecule has 0 aliphatic rings. The molecule has 5 aromatic carbocycles. The highest BCUT2D eigenvalue weighted by molar-refractivity contribution is 7.30. The normalized spacial score (nSPS) is 12.2. The Hall–Kier alpha value is -3.66. The number of benzene rings is 5. The van der Waals surface area contributed by atoms with E-state index in [1.807, 2.05) is 22.7 Å². The average molecular weight is 456 g/mol. The number of hydrogen-bond donors (Lipinski definition) is 0. The molecule has 0 aliphatic carbocycles. The molecule has 0 spiro atoms. The van der Waals surface area contributed by atoms with Crippen LogP contribution in [0.3, 0.4) is 0 Å². The van der Waals surface area contributed by atoms with Gasteiger partial charge in [-0.15, -0.1) is 22.7 Å². The van der Waals surface area contributed by atoms with E-state index in [4.69, 9.17) is 0 Å². The van der Waals surface area contributed by atoms with Gasteiger partial charge in [0.15, 0.2) is 0 Å². The minimum atomic E-state index is 1.21. The Balaban J connectivity index is 1.80.